The number of carbonyl (C=O) groups excluding carboxylic acids is 1. The van der Waals surface area contributed by atoms with Crippen molar-refractivity contribution in [1.29, 1.82) is 0 Å². The average molecular weight is 398 g/mol. The van der Waals surface area contributed by atoms with E-state index in [0.717, 1.165) is 29.7 Å². The van der Waals surface area contributed by atoms with E-state index in [4.69, 9.17) is 0 Å². The molecular formula is C20H22N4O3S. The number of fused-ring (bicyclic) bond motifs is 1. The summed E-state index contributed by atoms with van der Waals surface area (Å²) in [5, 5.41) is 2.82. The van der Waals surface area contributed by atoms with Crippen molar-refractivity contribution in [3.8, 4) is 0 Å². The smallest absolute Gasteiger partial charge is 0.251 e. The van der Waals surface area contributed by atoms with E-state index in [1.165, 1.54) is 12.1 Å². The minimum atomic E-state index is -3.61. The Kier molecular flexibility index (Phi) is 4.91. The topological polar surface area (TPSA) is 93.1 Å². The summed E-state index contributed by atoms with van der Waals surface area (Å²) < 4.78 is 29.4. The molecule has 0 unspecified atom stereocenters. The van der Waals surface area contributed by atoms with Crippen LogP contribution in [-0.2, 0) is 23.6 Å². The van der Waals surface area contributed by atoms with Crippen LogP contribution >= 0.6 is 0 Å². The largest absolute Gasteiger partial charge is 0.345 e. The summed E-state index contributed by atoms with van der Waals surface area (Å²) in [6.45, 7) is 0.701. The number of imidazole rings is 1. The van der Waals surface area contributed by atoms with Crippen LogP contribution in [0.4, 0.5) is 0 Å². The van der Waals surface area contributed by atoms with Crippen molar-refractivity contribution in [2.45, 2.75) is 24.3 Å². The Hall–Kier alpha value is -2.71. The third-order valence-corrected chi connectivity index (χ3v) is 6.37. The van der Waals surface area contributed by atoms with Crippen LogP contribution < -0.4 is 10.0 Å². The normalized spacial score (nSPS) is 14.3. The number of sulfonamides is 1. The highest BCUT2D eigenvalue weighted by Crippen LogP contribution is 2.28. The van der Waals surface area contributed by atoms with Crippen molar-refractivity contribution in [2.24, 2.45) is 13.0 Å². The molecule has 1 saturated carbocycles. The van der Waals surface area contributed by atoms with Gasteiger partial charge >= 0.3 is 0 Å². The van der Waals surface area contributed by atoms with E-state index in [9.17, 15) is 13.2 Å². The Morgan fingerprint density at radius 1 is 1.18 bits per heavy atom. The predicted octanol–water partition coefficient (Wildman–Crippen LogP) is 2.19. The summed E-state index contributed by atoms with van der Waals surface area (Å²) in [7, 11) is -1.71. The molecule has 0 atom stereocenters. The summed E-state index contributed by atoms with van der Waals surface area (Å²) in [6, 6.07) is 13.8. The number of hydrogen-bond donors (Lipinski definition) is 2. The lowest BCUT2D eigenvalue weighted by atomic mass is 10.2. The number of aromatic nitrogens is 2. The zero-order valence-electron chi connectivity index (χ0n) is 15.6. The van der Waals surface area contributed by atoms with Gasteiger partial charge in [0.1, 0.15) is 5.82 Å². The molecule has 0 aliphatic heterocycles. The monoisotopic (exact) mass is 398 g/mol. The third-order valence-electron chi connectivity index (χ3n) is 4.95. The van der Waals surface area contributed by atoms with E-state index in [1.807, 2.05) is 35.9 Å². The number of aryl methyl sites for hydroxylation is 1. The van der Waals surface area contributed by atoms with E-state index in [-0.39, 0.29) is 17.3 Å². The number of hydrogen-bond acceptors (Lipinski definition) is 4. The van der Waals surface area contributed by atoms with Gasteiger partial charge in [-0.15, -0.1) is 0 Å². The summed E-state index contributed by atoms with van der Waals surface area (Å²) in [4.78, 5) is 17.2. The van der Waals surface area contributed by atoms with E-state index >= 15 is 0 Å². The van der Waals surface area contributed by atoms with Gasteiger partial charge in [0.2, 0.25) is 10.0 Å². The fourth-order valence-electron chi connectivity index (χ4n) is 3.05. The van der Waals surface area contributed by atoms with Crippen molar-refractivity contribution >= 4 is 27.0 Å². The molecule has 0 saturated heterocycles. The number of amides is 1. The molecule has 7 nitrogen and oxygen atoms in total. The predicted molar refractivity (Wildman–Crippen MR) is 106 cm³/mol. The van der Waals surface area contributed by atoms with Crippen LogP contribution in [0.3, 0.4) is 0 Å². The highest BCUT2D eigenvalue weighted by Gasteiger charge is 2.24. The zero-order valence-corrected chi connectivity index (χ0v) is 16.4. The van der Waals surface area contributed by atoms with Crippen molar-refractivity contribution in [2.75, 3.05) is 6.54 Å². The number of para-hydroxylation sites is 2. The molecule has 1 aliphatic carbocycles. The summed E-state index contributed by atoms with van der Waals surface area (Å²) >= 11 is 0. The minimum Gasteiger partial charge on any atom is -0.345 e. The fraction of sp³-hybridized carbons (Fsp3) is 0.300. The molecule has 1 aromatic heterocycles. The Bertz CT molecular complexity index is 1130. The van der Waals surface area contributed by atoms with E-state index in [2.05, 4.69) is 15.0 Å². The zero-order chi connectivity index (χ0) is 19.7. The molecule has 3 aromatic rings. The average Bonchev–Trinajstić information content (AvgIpc) is 3.48. The van der Waals surface area contributed by atoms with Crippen LogP contribution in [0.1, 0.15) is 29.0 Å². The number of nitrogens with zero attached hydrogens (tertiary/aromatic N) is 2. The molecular weight excluding hydrogens is 376 g/mol. The SMILES string of the molecule is Cn1c(CNC(=O)c2cccc(S(=O)(=O)NCC3CC3)c2)nc2ccccc21. The summed E-state index contributed by atoms with van der Waals surface area (Å²) in [5.41, 5.74) is 2.15. The van der Waals surface area contributed by atoms with Gasteiger partial charge in [0.15, 0.2) is 0 Å². The maximum atomic E-state index is 12.5. The molecule has 0 bridgehead atoms. The molecule has 1 heterocycles. The van der Waals surface area contributed by atoms with Crippen molar-refractivity contribution in [3.63, 3.8) is 0 Å². The Balaban J connectivity index is 1.46. The van der Waals surface area contributed by atoms with E-state index in [1.54, 1.807) is 12.1 Å². The van der Waals surface area contributed by atoms with Gasteiger partial charge in [-0.1, -0.05) is 18.2 Å². The summed E-state index contributed by atoms with van der Waals surface area (Å²) in [5.74, 6) is 0.824. The highest BCUT2D eigenvalue weighted by atomic mass is 32.2. The van der Waals surface area contributed by atoms with Gasteiger partial charge < -0.3 is 9.88 Å². The van der Waals surface area contributed by atoms with Crippen LogP contribution in [0.15, 0.2) is 53.4 Å². The maximum absolute atomic E-state index is 12.5. The lowest BCUT2D eigenvalue weighted by Gasteiger charge is -2.09. The van der Waals surface area contributed by atoms with E-state index < -0.39 is 10.0 Å². The number of benzene rings is 2. The first-order valence-corrected chi connectivity index (χ1v) is 10.7. The van der Waals surface area contributed by atoms with Crippen LogP contribution in [-0.4, -0.2) is 30.4 Å². The number of nitrogens with one attached hydrogen (secondary N) is 2. The Morgan fingerprint density at radius 2 is 1.96 bits per heavy atom. The quantitative estimate of drug-likeness (QED) is 0.638. The first-order chi connectivity index (χ1) is 13.4. The third kappa shape index (κ3) is 3.93. The van der Waals surface area contributed by atoms with Gasteiger partial charge in [-0.2, -0.15) is 0 Å². The van der Waals surface area contributed by atoms with Crippen LogP contribution in [0, 0.1) is 5.92 Å². The number of rotatable bonds is 7. The maximum Gasteiger partial charge on any atom is 0.251 e. The van der Waals surface area contributed by atoms with Gasteiger partial charge in [0.05, 0.1) is 22.5 Å². The number of carbonyl (C=O) groups is 1. The highest BCUT2D eigenvalue weighted by molar-refractivity contribution is 7.89. The van der Waals surface area contributed by atoms with Gasteiger partial charge in [-0.05, 0) is 49.1 Å². The van der Waals surface area contributed by atoms with Crippen molar-refractivity contribution < 1.29 is 13.2 Å². The molecule has 1 fully saturated rings. The summed E-state index contributed by atoms with van der Waals surface area (Å²) in [6.07, 6.45) is 2.13. The molecule has 0 radical (unpaired) electrons. The van der Waals surface area contributed by atoms with E-state index in [0.29, 0.717) is 18.0 Å². The second-order valence-electron chi connectivity index (χ2n) is 7.08. The van der Waals surface area contributed by atoms with Crippen LogP contribution in [0.5, 0.6) is 0 Å². The molecule has 1 aliphatic rings. The second kappa shape index (κ2) is 7.37. The molecule has 28 heavy (non-hydrogen) atoms. The van der Waals surface area contributed by atoms with Crippen molar-refractivity contribution in [3.05, 3.63) is 59.9 Å². The van der Waals surface area contributed by atoms with Gasteiger partial charge in [0.25, 0.3) is 5.91 Å². The molecule has 8 heteroatoms. The van der Waals surface area contributed by atoms with Gasteiger partial charge in [0, 0.05) is 19.2 Å². The van der Waals surface area contributed by atoms with Gasteiger partial charge in [-0.25, -0.2) is 18.1 Å². The van der Waals surface area contributed by atoms with Crippen molar-refractivity contribution in [1.82, 2.24) is 19.6 Å². The fourth-order valence-corrected chi connectivity index (χ4v) is 4.21. The minimum absolute atomic E-state index is 0.100. The van der Waals surface area contributed by atoms with Crippen LogP contribution in [0.2, 0.25) is 0 Å². The van der Waals surface area contributed by atoms with Crippen LogP contribution in [0.25, 0.3) is 11.0 Å². The first-order valence-electron chi connectivity index (χ1n) is 9.22. The second-order valence-corrected chi connectivity index (χ2v) is 8.85. The standard InChI is InChI=1S/C20H22N4O3S/c1-24-18-8-3-2-7-17(18)23-19(24)13-21-20(25)15-5-4-6-16(11-15)28(26,27)22-12-14-9-10-14/h2-8,11,14,22H,9-10,12-13H2,1H3,(H,21,25). The van der Waals surface area contributed by atoms with Gasteiger partial charge in [-0.3, -0.25) is 4.79 Å². The molecule has 0 spiro atoms. The molecule has 146 valence electrons. The Labute approximate surface area is 163 Å². The molecule has 4 rings (SSSR count). The molecule has 1 amide bonds. The Morgan fingerprint density at radius 3 is 2.71 bits per heavy atom. The lowest BCUT2D eigenvalue weighted by Crippen LogP contribution is -2.27. The first kappa shape index (κ1) is 18.6. The molecule has 2 aromatic carbocycles. The molecule has 2 N–H and O–H groups in total. The lowest BCUT2D eigenvalue weighted by molar-refractivity contribution is 0.0949.